The first kappa shape index (κ1) is 16.8. The minimum absolute atomic E-state index is 0.104. The molecule has 0 aromatic carbocycles. The summed E-state index contributed by atoms with van der Waals surface area (Å²) < 4.78 is 9.77. The normalized spacial score (nSPS) is 21.7. The molecule has 0 unspecified atom stereocenters. The third-order valence-corrected chi connectivity index (χ3v) is 4.05. The molecule has 1 rings (SSSR count). The Morgan fingerprint density at radius 1 is 1.25 bits per heavy atom. The van der Waals surface area contributed by atoms with Gasteiger partial charge >= 0.3 is 6.09 Å². The van der Waals surface area contributed by atoms with Gasteiger partial charge in [0.2, 0.25) is 5.91 Å². The van der Waals surface area contributed by atoms with E-state index in [0.29, 0.717) is 11.8 Å². The number of methoxy groups -OCH3 is 2. The Kier molecular flexibility index (Phi) is 6.26. The van der Waals surface area contributed by atoms with Gasteiger partial charge in [0.1, 0.15) is 6.04 Å². The molecule has 3 atom stereocenters. The van der Waals surface area contributed by atoms with Crippen molar-refractivity contribution in [2.75, 3.05) is 27.3 Å². The lowest BCUT2D eigenvalue weighted by molar-refractivity contribution is -0.135. The van der Waals surface area contributed by atoms with E-state index in [4.69, 9.17) is 4.74 Å². The van der Waals surface area contributed by atoms with Crippen LogP contribution in [0, 0.1) is 11.8 Å². The molecule has 116 valence electrons. The molecular weight excluding hydrogens is 260 g/mol. The van der Waals surface area contributed by atoms with Crippen molar-refractivity contribution in [1.82, 2.24) is 10.2 Å². The quantitative estimate of drug-likeness (QED) is 0.826. The van der Waals surface area contributed by atoms with E-state index < -0.39 is 18.2 Å². The molecule has 0 bridgehead atoms. The average molecular weight is 286 g/mol. The van der Waals surface area contributed by atoms with Gasteiger partial charge in [-0.25, -0.2) is 4.79 Å². The Balaban J connectivity index is 2.71. The summed E-state index contributed by atoms with van der Waals surface area (Å²) in [5.41, 5.74) is 0. The minimum Gasteiger partial charge on any atom is -0.453 e. The lowest BCUT2D eigenvalue weighted by Gasteiger charge is -2.27. The highest BCUT2D eigenvalue weighted by Gasteiger charge is 2.35. The highest BCUT2D eigenvalue weighted by molar-refractivity contribution is 5.86. The van der Waals surface area contributed by atoms with E-state index in [1.54, 1.807) is 11.8 Å². The van der Waals surface area contributed by atoms with E-state index in [9.17, 15) is 9.59 Å². The number of nitrogens with one attached hydrogen (secondary N) is 1. The van der Waals surface area contributed by atoms with Crippen molar-refractivity contribution in [3.63, 3.8) is 0 Å². The van der Waals surface area contributed by atoms with Crippen LogP contribution in [-0.2, 0) is 14.3 Å². The van der Waals surface area contributed by atoms with Crippen LogP contribution in [-0.4, -0.2) is 56.4 Å². The van der Waals surface area contributed by atoms with Crippen LogP contribution in [0.25, 0.3) is 0 Å². The zero-order valence-electron chi connectivity index (χ0n) is 13.0. The second-order valence-electron chi connectivity index (χ2n) is 5.63. The maximum atomic E-state index is 12.5. The molecule has 1 N–H and O–H groups in total. The fourth-order valence-corrected chi connectivity index (χ4v) is 2.43. The molecule has 0 aliphatic carbocycles. The molecule has 1 fully saturated rings. The number of nitrogens with zero attached hydrogens (tertiary/aromatic N) is 1. The van der Waals surface area contributed by atoms with Crippen molar-refractivity contribution in [3.8, 4) is 0 Å². The number of hydrogen-bond acceptors (Lipinski definition) is 4. The molecule has 1 aliphatic heterocycles. The molecule has 0 spiro atoms. The van der Waals surface area contributed by atoms with Gasteiger partial charge in [-0.1, -0.05) is 13.8 Å². The number of alkyl carbamates (subject to hydrolysis) is 1. The predicted octanol–water partition coefficient (Wildman–Crippen LogP) is 1.25. The van der Waals surface area contributed by atoms with Crippen molar-refractivity contribution < 1.29 is 19.1 Å². The van der Waals surface area contributed by atoms with Crippen molar-refractivity contribution in [2.24, 2.45) is 11.8 Å². The topological polar surface area (TPSA) is 67.9 Å². The Bertz CT molecular complexity index is 346. The highest BCUT2D eigenvalue weighted by Crippen LogP contribution is 2.24. The third-order valence-electron chi connectivity index (χ3n) is 4.05. The van der Waals surface area contributed by atoms with Gasteiger partial charge < -0.3 is 19.7 Å². The number of carbonyl (C=O) groups is 2. The SMILES string of the molecule is COC(=O)N[C@H](C(=O)N1CC[C@H](C(C)C)C1)[C@@H](C)OC. The summed E-state index contributed by atoms with van der Waals surface area (Å²) in [4.78, 5) is 25.7. The van der Waals surface area contributed by atoms with Gasteiger partial charge in [0, 0.05) is 20.2 Å². The van der Waals surface area contributed by atoms with E-state index in [2.05, 4.69) is 23.9 Å². The molecule has 0 radical (unpaired) electrons. The lowest BCUT2D eigenvalue weighted by Crippen LogP contribution is -2.53. The molecule has 0 aromatic rings. The van der Waals surface area contributed by atoms with Crippen LogP contribution in [0.3, 0.4) is 0 Å². The van der Waals surface area contributed by atoms with Crippen LogP contribution in [0.2, 0.25) is 0 Å². The second kappa shape index (κ2) is 7.47. The van der Waals surface area contributed by atoms with Crippen molar-refractivity contribution in [1.29, 1.82) is 0 Å². The first-order valence-electron chi connectivity index (χ1n) is 7.06. The Labute approximate surface area is 120 Å². The molecule has 0 aromatic heterocycles. The smallest absolute Gasteiger partial charge is 0.407 e. The number of rotatable bonds is 5. The van der Waals surface area contributed by atoms with Crippen LogP contribution in [0.4, 0.5) is 4.79 Å². The summed E-state index contributed by atoms with van der Waals surface area (Å²) in [7, 11) is 2.80. The van der Waals surface area contributed by atoms with Crippen molar-refractivity contribution >= 4 is 12.0 Å². The third kappa shape index (κ3) is 4.10. The largest absolute Gasteiger partial charge is 0.453 e. The first-order chi connectivity index (χ1) is 9.40. The first-order valence-corrected chi connectivity index (χ1v) is 7.06. The molecule has 6 heteroatoms. The van der Waals surface area contributed by atoms with Crippen LogP contribution >= 0.6 is 0 Å². The molecule has 1 saturated heterocycles. The van der Waals surface area contributed by atoms with Crippen molar-refractivity contribution in [3.05, 3.63) is 0 Å². The van der Waals surface area contributed by atoms with Gasteiger partial charge in [0.15, 0.2) is 0 Å². The van der Waals surface area contributed by atoms with Crippen LogP contribution in [0.5, 0.6) is 0 Å². The average Bonchev–Trinajstić information content (AvgIpc) is 2.92. The van der Waals surface area contributed by atoms with Gasteiger partial charge in [0.25, 0.3) is 0 Å². The van der Waals surface area contributed by atoms with Crippen molar-refractivity contribution in [2.45, 2.75) is 39.3 Å². The molecule has 20 heavy (non-hydrogen) atoms. The monoisotopic (exact) mass is 286 g/mol. The fraction of sp³-hybridized carbons (Fsp3) is 0.857. The number of carbonyl (C=O) groups excluding carboxylic acids is 2. The summed E-state index contributed by atoms with van der Waals surface area (Å²) in [6.07, 6.45) is -0.0121. The molecule has 1 aliphatic rings. The molecule has 2 amide bonds. The standard InChI is InChI=1S/C14H26N2O4/c1-9(2)11-6-7-16(8-11)13(17)12(10(3)19-4)15-14(18)20-5/h9-12H,6-8H2,1-5H3,(H,15,18)/t10-,11+,12+/m1/s1. The lowest BCUT2D eigenvalue weighted by atomic mass is 9.95. The molecule has 6 nitrogen and oxygen atoms in total. The second-order valence-corrected chi connectivity index (χ2v) is 5.63. The van der Waals surface area contributed by atoms with E-state index in [-0.39, 0.29) is 5.91 Å². The summed E-state index contributed by atoms with van der Waals surface area (Å²) in [5.74, 6) is 0.975. The van der Waals surface area contributed by atoms with E-state index in [1.807, 2.05) is 0 Å². The summed E-state index contributed by atoms with van der Waals surface area (Å²) >= 11 is 0. The van der Waals surface area contributed by atoms with E-state index >= 15 is 0 Å². The molecule has 0 saturated carbocycles. The van der Waals surface area contributed by atoms with Gasteiger partial charge in [-0.3, -0.25) is 4.79 Å². The zero-order valence-corrected chi connectivity index (χ0v) is 13.0. The number of ether oxygens (including phenoxy) is 2. The Morgan fingerprint density at radius 2 is 1.90 bits per heavy atom. The van der Waals surface area contributed by atoms with Crippen LogP contribution < -0.4 is 5.32 Å². The maximum absolute atomic E-state index is 12.5. The van der Waals surface area contributed by atoms with Gasteiger partial charge in [-0.15, -0.1) is 0 Å². The number of hydrogen-bond donors (Lipinski definition) is 1. The Hall–Kier alpha value is -1.30. The molecule has 1 heterocycles. The minimum atomic E-state index is -0.710. The number of amides is 2. The van der Waals surface area contributed by atoms with Gasteiger partial charge in [-0.2, -0.15) is 0 Å². The Morgan fingerprint density at radius 3 is 2.35 bits per heavy atom. The van der Waals surface area contributed by atoms with E-state index in [0.717, 1.165) is 19.5 Å². The number of likely N-dealkylation sites (tertiary alicyclic amines) is 1. The molecular formula is C14H26N2O4. The summed E-state index contributed by atoms with van der Waals surface area (Å²) in [5, 5.41) is 2.56. The van der Waals surface area contributed by atoms with E-state index in [1.165, 1.54) is 14.2 Å². The van der Waals surface area contributed by atoms with Crippen LogP contribution in [0.1, 0.15) is 27.2 Å². The van der Waals surface area contributed by atoms with Gasteiger partial charge in [-0.05, 0) is 25.2 Å². The maximum Gasteiger partial charge on any atom is 0.407 e. The fourth-order valence-electron chi connectivity index (χ4n) is 2.43. The predicted molar refractivity (Wildman–Crippen MR) is 75.3 cm³/mol. The zero-order chi connectivity index (χ0) is 15.3. The summed E-state index contributed by atoms with van der Waals surface area (Å²) in [6, 6.07) is -0.710. The summed E-state index contributed by atoms with van der Waals surface area (Å²) in [6.45, 7) is 7.57. The highest BCUT2D eigenvalue weighted by atomic mass is 16.5. The van der Waals surface area contributed by atoms with Gasteiger partial charge in [0.05, 0.1) is 13.2 Å². The van der Waals surface area contributed by atoms with Crippen LogP contribution in [0.15, 0.2) is 0 Å².